The number of nitrogens with two attached hydrogens (primary N) is 1. The monoisotopic (exact) mass is 390 g/mol. The van der Waals surface area contributed by atoms with Crippen LogP contribution in [0, 0.1) is 10.1 Å². The number of hydrogen-bond donors (Lipinski definition) is 3. The van der Waals surface area contributed by atoms with E-state index in [1.165, 1.54) is 83.5 Å². The number of carbonyl (C=O) groups is 1. The summed E-state index contributed by atoms with van der Waals surface area (Å²) in [6, 6.07) is -0.665. The summed E-state index contributed by atoms with van der Waals surface area (Å²) in [6.07, 6.45) is 20.4. The van der Waals surface area contributed by atoms with Crippen molar-refractivity contribution in [2.24, 2.45) is 5.73 Å². The largest absolute Gasteiger partial charge is 0.394 e. The van der Waals surface area contributed by atoms with Gasteiger partial charge in [0.2, 0.25) is 0 Å². The second kappa shape index (κ2) is 22.8. The van der Waals surface area contributed by atoms with E-state index in [0.717, 1.165) is 12.8 Å². The highest BCUT2D eigenvalue weighted by Gasteiger charge is 2.10. The van der Waals surface area contributed by atoms with Gasteiger partial charge in [0.15, 0.2) is 5.78 Å². The molecule has 0 bridgehead atoms. The standard InChI is InChI=1S/C20H41NO2.HNO3/c1-2-3-4-5-6-7-8-9-10-11-12-13-14-15-16-17-20(23)19(21)18-22;2-1(3)4/h19,22H,2-18,21H2,1H3;(H,2,3,4). The molecule has 0 rings (SSSR count). The van der Waals surface area contributed by atoms with Crippen LogP contribution in [0.3, 0.4) is 0 Å². The zero-order chi connectivity index (χ0) is 20.8. The molecule has 0 saturated heterocycles. The number of hydrogen-bond acceptors (Lipinski definition) is 5. The van der Waals surface area contributed by atoms with Crippen LogP contribution < -0.4 is 5.73 Å². The van der Waals surface area contributed by atoms with Gasteiger partial charge in [0.1, 0.15) is 0 Å². The first-order valence-electron chi connectivity index (χ1n) is 10.7. The van der Waals surface area contributed by atoms with Crippen molar-refractivity contribution in [1.82, 2.24) is 0 Å². The Bertz CT molecular complexity index is 336. The van der Waals surface area contributed by atoms with Gasteiger partial charge < -0.3 is 16.0 Å². The highest BCUT2D eigenvalue weighted by Crippen LogP contribution is 2.13. The molecule has 0 spiro atoms. The summed E-state index contributed by atoms with van der Waals surface area (Å²) in [5.74, 6) is 0.00203. The molecule has 0 aromatic rings. The third kappa shape index (κ3) is 27.1. The average Bonchev–Trinajstić information content (AvgIpc) is 2.63. The van der Waals surface area contributed by atoms with Crippen molar-refractivity contribution < 1.29 is 20.2 Å². The summed E-state index contributed by atoms with van der Waals surface area (Å²) in [6.45, 7) is 2.05. The predicted octanol–water partition coefficient (Wildman–Crippen LogP) is 4.79. The summed E-state index contributed by atoms with van der Waals surface area (Å²) < 4.78 is 0. The third-order valence-electron chi connectivity index (χ3n) is 4.64. The lowest BCUT2D eigenvalue weighted by Crippen LogP contribution is -2.33. The van der Waals surface area contributed by atoms with Crippen LogP contribution in [0.5, 0.6) is 0 Å². The number of rotatable bonds is 18. The predicted molar refractivity (Wildman–Crippen MR) is 108 cm³/mol. The summed E-state index contributed by atoms with van der Waals surface area (Å²) >= 11 is 0. The summed E-state index contributed by atoms with van der Waals surface area (Å²) in [5, 5.41) is 22.4. The summed E-state index contributed by atoms with van der Waals surface area (Å²) in [4.78, 5) is 19.8. The van der Waals surface area contributed by atoms with Crippen molar-refractivity contribution in [2.45, 2.75) is 116 Å². The second-order valence-corrected chi connectivity index (χ2v) is 7.19. The van der Waals surface area contributed by atoms with Crippen molar-refractivity contribution in [3.05, 3.63) is 10.1 Å². The van der Waals surface area contributed by atoms with Crippen molar-refractivity contribution in [2.75, 3.05) is 6.61 Å². The van der Waals surface area contributed by atoms with E-state index in [1.807, 2.05) is 0 Å². The Morgan fingerprint density at radius 3 is 1.44 bits per heavy atom. The number of carbonyl (C=O) groups excluding carboxylic acids is 1. The SMILES string of the molecule is CCCCCCCCCCCCCCCCCC(=O)C(N)CO.O=[N+]([O-])O. The normalized spacial score (nSPS) is 11.5. The highest BCUT2D eigenvalue weighted by atomic mass is 16.9. The summed E-state index contributed by atoms with van der Waals surface area (Å²) in [7, 11) is 0. The van der Waals surface area contributed by atoms with Crippen molar-refractivity contribution >= 4 is 5.78 Å². The van der Waals surface area contributed by atoms with E-state index in [0.29, 0.717) is 6.42 Å². The number of Topliss-reactive ketones (excluding diaryl/α,β-unsaturated/α-hetero) is 1. The lowest BCUT2D eigenvalue weighted by molar-refractivity contribution is -0.742. The minimum atomic E-state index is -1.50. The maximum atomic E-state index is 11.4. The molecule has 0 aliphatic rings. The van der Waals surface area contributed by atoms with Gasteiger partial charge in [0, 0.05) is 6.42 Å². The van der Waals surface area contributed by atoms with Gasteiger partial charge in [0.05, 0.1) is 12.6 Å². The van der Waals surface area contributed by atoms with Crippen LogP contribution in [0.1, 0.15) is 110 Å². The molecule has 0 aromatic heterocycles. The smallest absolute Gasteiger partial charge is 0.291 e. The topological polar surface area (TPSA) is 127 Å². The van der Waals surface area contributed by atoms with Crippen LogP contribution in [0.4, 0.5) is 0 Å². The molecule has 1 unspecified atom stereocenters. The molecule has 7 heteroatoms. The fraction of sp³-hybridized carbons (Fsp3) is 0.950. The highest BCUT2D eigenvalue weighted by molar-refractivity contribution is 5.83. The van der Waals surface area contributed by atoms with Crippen LogP contribution in [0.15, 0.2) is 0 Å². The molecule has 0 radical (unpaired) electrons. The first kappa shape index (κ1) is 28.0. The molecule has 7 nitrogen and oxygen atoms in total. The molecule has 0 fully saturated rings. The van der Waals surface area contributed by atoms with Gasteiger partial charge in [-0.3, -0.25) is 4.79 Å². The molecular formula is C20H42N2O5. The Morgan fingerprint density at radius 1 is 0.852 bits per heavy atom. The molecular weight excluding hydrogens is 348 g/mol. The van der Waals surface area contributed by atoms with E-state index in [4.69, 9.17) is 26.2 Å². The zero-order valence-corrected chi connectivity index (χ0v) is 17.2. The molecule has 1 atom stereocenters. The third-order valence-corrected chi connectivity index (χ3v) is 4.64. The molecule has 0 heterocycles. The Kier molecular flexibility index (Phi) is 23.7. The number of unbranched alkanes of at least 4 members (excludes halogenated alkanes) is 14. The van der Waals surface area contributed by atoms with Crippen molar-refractivity contribution in [1.29, 1.82) is 0 Å². The first-order chi connectivity index (χ1) is 13.0. The fourth-order valence-corrected chi connectivity index (χ4v) is 2.96. The maximum Gasteiger partial charge on any atom is 0.291 e. The van der Waals surface area contributed by atoms with E-state index in [1.54, 1.807) is 0 Å². The minimum Gasteiger partial charge on any atom is -0.394 e. The fourth-order valence-electron chi connectivity index (χ4n) is 2.96. The first-order valence-corrected chi connectivity index (χ1v) is 10.7. The van der Waals surface area contributed by atoms with Gasteiger partial charge >= 0.3 is 0 Å². The maximum absolute atomic E-state index is 11.4. The summed E-state index contributed by atoms with van der Waals surface area (Å²) in [5.41, 5.74) is 5.48. The number of aliphatic hydroxyl groups excluding tert-OH is 1. The van der Waals surface area contributed by atoms with E-state index in [-0.39, 0.29) is 12.4 Å². The Labute approximate surface area is 164 Å². The van der Waals surface area contributed by atoms with Crippen LogP contribution in [-0.4, -0.2) is 33.8 Å². The molecule has 0 aromatic carbocycles. The van der Waals surface area contributed by atoms with Crippen LogP contribution in [-0.2, 0) is 4.79 Å². The van der Waals surface area contributed by atoms with Gasteiger partial charge in [0.25, 0.3) is 5.09 Å². The molecule has 27 heavy (non-hydrogen) atoms. The average molecular weight is 391 g/mol. The van der Waals surface area contributed by atoms with E-state index in [9.17, 15) is 4.79 Å². The number of aliphatic hydroxyl groups is 1. The Hall–Kier alpha value is -1.21. The quantitative estimate of drug-likeness (QED) is 0.175. The molecule has 0 aliphatic heterocycles. The van der Waals surface area contributed by atoms with Crippen molar-refractivity contribution in [3.63, 3.8) is 0 Å². The van der Waals surface area contributed by atoms with Crippen LogP contribution in [0.2, 0.25) is 0 Å². The van der Waals surface area contributed by atoms with Gasteiger partial charge in [-0.1, -0.05) is 96.8 Å². The Balaban J connectivity index is 0. The molecule has 162 valence electrons. The lowest BCUT2D eigenvalue weighted by Gasteiger charge is -2.06. The zero-order valence-electron chi connectivity index (χ0n) is 17.2. The number of ketones is 1. The van der Waals surface area contributed by atoms with Gasteiger partial charge in [-0.05, 0) is 6.42 Å². The van der Waals surface area contributed by atoms with E-state index < -0.39 is 11.1 Å². The van der Waals surface area contributed by atoms with Gasteiger partial charge in [-0.15, -0.1) is 10.1 Å². The minimum absolute atomic E-state index is 0.00203. The van der Waals surface area contributed by atoms with Crippen molar-refractivity contribution in [3.8, 4) is 0 Å². The van der Waals surface area contributed by atoms with E-state index >= 15 is 0 Å². The van der Waals surface area contributed by atoms with Gasteiger partial charge in [-0.2, -0.15) is 0 Å². The molecule has 0 amide bonds. The second-order valence-electron chi connectivity index (χ2n) is 7.19. The van der Waals surface area contributed by atoms with Crippen LogP contribution in [0.25, 0.3) is 0 Å². The van der Waals surface area contributed by atoms with Gasteiger partial charge in [-0.25, -0.2) is 0 Å². The molecule has 0 aliphatic carbocycles. The van der Waals surface area contributed by atoms with E-state index in [2.05, 4.69) is 6.92 Å². The lowest BCUT2D eigenvalue weighted by atomic mass is 10.0. The number of nitrogens with zero attached hydrogens (tertiary/aromatic N) is 1. The molecule has 4 N–H and O–H groups in total. The van der Waals surface area contributed by atoms with Crippen LogP contribution >= 0.6 is 0 Å². The molecule has 0 saturated carbocycles. The Morgan fingerprint density at radius 2 is 1.15 bits per heavy atom.